The summed E-state index contributed by atoms with van der Waals surface area (Å²) < 4.78 is 36.6. The van der Waals surface area contributed by atoms with Crippen LogP contribution < -0.4 is 5.32 Å². The van der Waals surface area contributed by atoms with Crippen molar-refractivity contribution in [3.63, 3.8) is 0 Å². The van der Waals surface area contributed by atoms with Crippen LogP contribution in [0, 0.1) is 20.8 Å². The van der Waals surface area contributed by atoms with Crippen molar-refractivity contribution in [3.05, 3.63) is 34.4 Å². The lowest BCUT2D eigenvalue weighted by Crippen LogP contribution is -2.34. The highest BCUT2D eigenvalue weighted by atomic mass is 19.4. The number of aliphatic hydroxyl groups is 1. The highest BCUT2D eigenvalue weighted by Crippen LogP contribution is 2.24. The number of hydrogen-bond donors (Lipinski definition) is 2. The highest BCUT2D eigenvalue weighted by Gasteiger charge is 2.29. The third-order valence-corrected chi connectivity index (χ3v) is 2.82. The molecular formula is C13H18F3NO. The lowest BCUT2D eigenvalue weighted by atomic mass is 9.94. The number of aryl methyl sites for hydroxylation is 3. The van der Waals surface area contributed by atoms with Gasteiger partial charge in [-0.15, -0.1) is 0 Å². The number of alkyl halides is 3. The third-order valence-electron chi connectivity index (χ3n) is 2.82. The van der Waals surface area contributed by atoms with Crippen LogP contribution in [0.2, 0.25) is 0 Å². The molecule has 102 valence electrons. The van der Waals surface area contributed by atoms with E-state index in [0.29, 0.717) is 0 Å². The fourth-order valence-electron chi connectivity index (χ4n) is 2.24. The summed E-state index contributed by atoms with van der Waals surface area (Å²) in [6, 6.07) is 3.12. The summed E-state index contributed by atoms with van der Waals surface area (Å²) in [5.74, 6) is 0. The fourth-order valence-corrected chi connectivity index (χ4v) is 2.24. The van der Waals surface area contributed by atoms with Gasteiger partial charge in [-0.1, -0.05) is 17.7 Å². The molecule has 1 atom stereocenters. The predicted molar refractivity (Wildman–Crippen MR) is 64.5 cm³/mol. The minimum absolute atomic E-state index is 0.360. The van der Waals surface area contributed by atoms with E-state index < -0.39 is 18.8 Å². The van der Waals surface area contributed by atoms with Crippen LogP contribution in [0.3, 0.4) is 0 Å². The predicted octanol–water partition coefficient (Wildman–Crippen LogP) is 2.80. The van der Waals surface area contributed by atoms with E-state index in [1.54, 1.807) is 0 Å². The van der Waals surface area contributed by atoms with Crippen molar-refractivity contribution in [1.82, 2.24) is 5.32 Å². The second kappa shape index (κ2) is 5.71. The van der Waals surface area contributed by atoms with Gasteiger partial charge in [0, 0.05) is 0 Å². The fraction of sp³-hybridized carbons (Fsp3) is 0.538. The van der Waals surface area contributed by atoms with Crippen LogP contribution in [0.1, 0.15) is 28.3 Å². The molecule has 0 amide bonds. The lowest BCUT2D eigenvalue weighted by molar-refractivity contribution is -0.126. The molecule has 2 N–H and O–H groups in total. The maximum absolute atomic E-state index is 12.2. The van der Waals surface area contributed by atoms with Crippen LogP contribution in [0.25, 0.3) is 0 Å². The van der Waals surface area contributed by atoms with Gasteiger partial charge in [0.2, 0.25) is 0 Å². The SMILES string of the molecule is Cc1cc(C)c(C(CO)NCC(F)(F)F)c(C)c1. The third kappa shape index (κ3) is 3.99. The standard InChI is InChI=1S/C13H18F3NO/c1-8-4-9(2)12(10(3)5-8)11(6-18)17-7-13(14,15)16/h4-5,11,17-18H,6-7H2,1-3H3. The Labute approximate surface area is 105 Å². The molecule has 0 aromatic heterocycles. The molecule has 0 bridgehead atoms. The van der Waals surface area contributed by atoms with Crippen molar-refractivity contribution >= 4 is 0 Å². The second-order valence-corrected chi connectivity index (χ2v) is 4.54. The monoisotopic (exact) mass is 261 g/mol. The van der Waals surface area contributed by atoms with Gasteiger partial charge in [-0.2, -0.15) is 13.2 Å². The molecule has 1 rings (SSSR count). The number of benzene rings is 1. The zero-order chi connectivity index (χ0) is 13.9. The van der Waals surface area contributed by atoms with E-state index in [1.807, 2.05) is 32.9 Å². The van der Waals surface area contributed by atoms with Gasteiger partial charge in [0.15, 0.2) is 0 Å². The normalized spacial score (nSPS) is 13.7. The van der Waals surface area contributed by atoms with E-state index in [0.717, 1.165) is 22.3 Å². The van der Waals surface area contributed by atoms with Crippen molar-refractivity contribution in [1.29, 1.82) is 0 Å². The van der Waals surface area contributed by atoms with E-state index in [9.17, 15) is 18.3 Å². The van der Waals surface area contributed by atoms with Gasteiger partial charge in [-0.3, -0.25) is 5.32 Å². The van der Waals surface area contributed by atoms with Gasteiger partial charge in [0.1, 0.15) is 0 Å². The first-order valence-electron chi connectivity index (χ1n) is 5.73. The Kier molecular flexibility index (Phi) is 4.76. The molecule has 2 nitrogen and oxygen atoms in total. The Bertz CT molecular complexity index is 392. The van der Waals surface area contributed by atoms with Crippen LogP contribution in [-0.4, -0.2) is 24.4 Å². The average molecular weight is 261 g/mol. The van der Waals surface area contributed by atoms with E-state index in [1.165, 1.54) is 0 Å². The van der Waals surface area contributed by atoms with Crippen molar-refractivity contribution in [2.45, 2.75) is 33.0 Å². The molecule has 5 heteroatoms. The first-order valence-corrected chi connectivity index (χ1v) is 5.73. The Morgan fingerprint density at radius 3 is 2.06 bits per heavy atom. The minimum Gasteiger partial charge on any atom is -0.394 e. The Hall–Kier alpha value is -1.07. The summed E-state index contributed by atoms with van der Waals surface area (Å²) in [4.78, 5) is 0. The molecule has 0 heterocycles. The maximum atomic E-state index is 12.2. The van der Waals surface area contributed by atoms with Gasteiger partial charge < -0.3 is 5.11 Å². The number of halogens is 3. The van der Waals surface area contributed by atoms with E-state index >= 15 is 0 Å². The van der Waals surface area contributed by atoms with Gasteiger partial charge in [-0.25, -0.2) is 0 Å². The molecule has 0 saturated heterocycles. The quantitative estimate of drug-likeness (QED) is 0.873. The summed E-state index contributed by atoms with van der Waals surface area (Å²) in [7, 11) is 0. The molecule has 18 heavy (non-hydrogen) atoms. The first-order chi connectivity index (χ1) is 8.24. The first kappa shape index (κ1) is 15.0. The van der Waals surface area contributed by atoms with Crippen LogP contribution >= 0.6 is 0 Å². The molecule has 0 fully saturated rings. The van der Waals surface area contributed by atoms with Crippen LogP contribution in [0.4, 0.5) is 13.2 Å². The zero-order valence-electron chi connectivity index (χ0n) is 10.7. The average Bonchev–Trinajstić information content (AvgIpc) is 2.20. The second-order valence-electron chi connectivity index (χ2n) is 4.54. The smallest absolute Gasteiger partial charge is 0.394 e. The lowest BCUT2D eigenvalue weighted by Gasteiger charge is -2.22. The molecule has 0 aliphatic carbocycles. The minimum atomic E-state index is -4.28. The van der Waals surface area contributed by atoms with Gasteiger partial charge in [-0.05, 0) is 37.5 Å². The van der Waals surface area contributed by atoms with Crippen molar-refractivity contribution in [3.8, 4) is 0 Å². The van der Waals surface area contributed by atoms with Gasteiger partial charge in [0.05, 0.1) is 19.2 Å². The molecule has 0 aliphatic rings. The number of nitrogens with one attached hydrogen (secondary N) is 1. The largest absolute Gasteiger partial charge is 0.401 e. The number of rotatable bonds is 4. The van der Waals surface area contributed by atoms with Crippen LogP contribution in [-0.2, 0) is 0 Å². The summed E-state index contributed by atoms with van der Waals surface area (Å²) in [6.45, 7) is 4.15. The molecule has 0 aliphatic heterocycles. The van der Waals surface area contributed by atoms with Crippen molar-refractivity contribution in [2.75, 3.05) is 13.2 Å². The van der Waals surface area contributed by atoms with E-state index in [4.69, 9.17) is 0 Å². The van der Waals surface area contributed by atoms with E-state index in [2.05, 4.69) is 5.32 Å². The summed E-state index contributed by atoms with van der Waals surface area (Å²) in [5, 5.41) is 11.6. The summed E-state index contributed by atoms with van der Waals surface area (Å²) in [5.41, 5.74) is 3.58. The van der Waals surface area contributed by atoms with Gasteiger partial charge in [0.25, 0.3) is 0 Å². The molecule has 1 aromatic rings. The molecule has 0 spiro atoms. The Morgan fingerprint density at radius 2 is 1.67 bits per heavy atom. The van der Waals surface area contributed by atoms with Gasteiger partial charge >= 0.3 is 6.18 Å². The molecule has 0 saturated carbocycles. The van der Waals surface area contributed by atoms with E-state index in [-0.39, 0.29) is 6.61 Å². The highest BCUT2D eigenvalue weighted by molar-refractivity contribution is 5.39. The summed E-state index contributed by atoms with van der Waals surface area (Å²) >= 11 is 0. The molecule has 1 unspecified atom stereocenters. The Balaban J connectivity index is 2.95. The zero-order valence-corrected chi connectivity index (χ0v) is 10.7. The van der Waals surface area contributed by atoms with Crippen molar-refractivity contribution < 1.29 is 18.3 Å². The summed E-state index contributed by atoms with van der Waals surface area (Å²) in [6.07, 6.45) is -4.28. The molecule has 1 aromatic carbocycles. The maximum Gasteiger partial charge on any atom is 0.401 e. The number of aliphatic hydroxyl groups excluding tert-OH is 1. The van der Waals surface area contributed by atoms with Crippen LogP contribution in [0.5, 0.6) is 0 Å². The molecular weight excluding hydrogens is 243 g/mol. The number of hydrogen-bond acceptors (Lipinski definition) is 2. The Morgan fingerprint density at radius 1 is 1.17 bits per heavy atom. The van der Waals surface area contributed by atoms with Crippen molar-refractivity contribution in [2.24, 2.45) is 0 Å². The topological polar surface area (TPSA) is 32.3 Å². The van der Waals surface area contributed by atoms with Crippen LogP contribution in [0.15, 0.2) is 12.1 Å². The molecule has 0 radical (unpaired) electrons.